The van der Waals surface area contributed by atoms with Crippen molar-refractivity contribution in [3.05, 3.63) is 99.6 Å². The van der Waals surface area contributed by atoms with Crippen molar-refractivity contribution in [2.24, 2.45) is 5.10 Å². The summed E-state index contributed by atoms with van der Waals surface area (Å²) in [5, 5.41) is 6.97. The van der Waals surface area contributed by atoms with Gasteiger partial charge in [0.2, 0.25) is 5.13 Å². The Morgan fingerprint density at radius 2 is 1.73 bits per heavy atom. The van der Waals surface area contributed by atoms with Crippen molar-refractivity contribution in [1.29, 1.82) is 0 Å². The molecule has 0 radical (unpaired) electrons. The number of halogens is 2. The summed E-state index contributed by atoms with van der Waals surface area (Å²) in [5.74, 6) is 0.488. The number of ether oxygens (including phenoxy) is 1. The Hall–Kier alpha value is -3.03. The molecule has 1 N–H and O–H groups in total. The van der Waals surface area contributed by atoms with Gasteiger partial charge in [-0.25, -0.2) is 9.37 Å². The van der Waals surface area contributed by atoms with E-state index >= 15 is 0 Å². The van der Waals surface area contributed by atoms with Crippen LogP contribution in [0.5, 0.6) is 5.75 Å². The average molecular weight is 482 g/mol. The van der Waals surface area contributed by atoms with Crippen LogP contribution in [0.1, 0.15) is 11.1 Å². The van der Waals surface area contributed by atoms with Crippen LogP contribution in [-0.4, -0.2) is 11.2 Å². The highest BCUT2D eigenvalue weighted by Gasteiger charge is 2.04. The molecule has 3 aromatic carbocycles. The van der Waals surface area contributed by atoms with Gasteiger partial charge in [0.05, 0.1) is 11.9 Å². The molecule has 1 aromatic heterocycles. The summed E-state index contributed by atoms with van der Waals surface area (Å²) in [6.07, 6.45) is 1.73. The molecule has 30 heavy (non-hydrogen) atoms. The minimum Gasteiger partial charge on any atom is -0.489 e. The van der Waals surface area contributed by atoms with Crippen molar-refractivity contribution >= 4 is 38.6 Å². The second kappa shape index (κ2) is 9.65. The molecule has 0 aliphatic rings. The van der Waals surface area contributed by atoms with Gasteiger partial charge in [0.15, 0.2) is 0 Å². The van der Waals surface area contributed by atoms with Crippen molar-refractivity contribution in [3.63, 3.8) is 0 Å². The fourth-order valence-electron chi connectivity index (χ4n) is 2.64. The molecule has 150 valence electrons. The second-order valence-corrected chi connectivity index (χ2v) is 8.17. The number of hydrogen-bond acceptors (Lipinski definition) is 5. The van der Waals surface area contributed by atoms with Crippen molar-refractivity contribution in [2.75, 3.05) is 5.43 Å². The van der Waals surface area contributed by atoms with Crippen LogP contribution in [0.4, 0.5) is 9.52 Å². The van der Waals surface area contributed by atoms with E-state index in [1.807, 2.05) is 53.9 Å². The summed E-state index contributed by atoms with van der Waals surface area (Å²) in [4.78, 5) is 4.55. The number of anilines is 1. The third-order valence-electron chi connectivity index (χ3n) is 4.22. The van der Waals surface area contributed by atoms with Gasteiger partial charge in [0.25, 0.3) is 0 Å². The van der Waals surface area contributed by atoms with Crippen LogP contribution in [-0.2, 0) is 6.61 Å². The van der Waals surface area contributed by atoms with Gasteiger partial charge in [-0.3, -0.25) is 5.43 Å². The van der Waals surface area contributed by atoms with Crippen LogP contribution in [0, 0.1) is 5.82 Å². The van der Waals surface area contributed by atoms with Gasteiger partial charge in [0.1, 0.15) is 18.2 Å². The minimum atomic E-state index is -0.252. The topological polar surface area (TPSA) is 46.5 Å². The average Bonchev–Trinajstić information content (AvgIpc) is 3.24. The fraction of sp³-hybridized carbons (Fsp3) is 0.0435. The lowest BCUT2D eigenvalue weighted by Gasteiger charge is -2.06. The number of benzene rings is 3. The zero-order valence-corrected chi connectivity index (χ0v) is 18.2. The molecule has 0 aliphatic heterocycles. The van der Waals surface area contributed by atoms with Crippen LogP contribution in [0.15, 0.2) is 87.8 Å². The maximum Gasteiger partial charge on any atom is 0.203 e. The first kappa shape index (κ1) is 20.3. The number of rotatable bonds is 7. The Labute approximate surface area is 186 Å². The maximum atomic E-state index is 12.9. The van der Waals surface area contributed by atoms with Gasteiger partial charge < -0.3 is 4.74 Å². The summed E-state index contributed by atoms with van der Waals surface area (Å²) in [6, 6.07) is 21.9. The highest BCUT2D eigenvalue weighted by molar-refractivity contribution is 9.10. The molecule has 4 rings (SSSR count). The predicted molar refractivity (Wildman–Crippen MR) is 124 cm³/mol. The monoisotopic (exact) mass is 481 g/mol. The van der Waals surface area contributed by atoms with Gasteiger partial charge in [0, 0.05) is 15.4 Å². The molecule has 0 atom stereocenters. The fourth-order valence-corrected chi connectivity index (χ4v) is 3.57. The van der Waals surface area contributed by atoms with Crippen LogP contribution >= 0.6 is 27.3 Å². The van der Waals surface area contributed by atoms with E-state index in [4.69, 9.17) is 4.74 Å². The van der Waals surface area contributed by atoms with Crippen LogP contribution < -0.4 is 10.2 Å². The number of nitrogens with one attached hydrogen (secondary N) is 1. The molecular weight excluding hydrogens is 465 g/mol. The van der Waals surface area contributed by atoms with Crippen molar-refractivity contribution in [3.8, 4) is 17.0 Å². The predicted octanol–water partition coefficient (Wildman–Crippen LogP) is 6.74. The number of hydrazone groups is 1. The Morgan fingerprint density at radius 3 is 2.47 bits per heavy atom. The molecule has 0 spiro atoms. The van der Waals surface area contributed by atoms with E-state index in [-0.39, 0.29) is 5.82 Å². The number of thiazole rings is 1. The van der Waals surface area contributed by atoms with E-state index in [9.17, 15) is 4.39 Å². The Balaban J connectivity index is 1.30. The summed E-state index contributed by atoms with van der Waals surface area (Å²) in [7, 11) is 0. The summed E-state index contributed by atoms with van der Waals surface area (Å²) >= 11 is 4.94. The molecule has 0 amide bonds. The molecule has 0 unspecified atom stereocenters. The zero-order valence-electron chi connectivity index (χ0n) is 15.8. The SMILES string of the molecule is Fc1ccc(COc2ccc(C=NNc3nc(-c4ccc(Br)cc4)cs3)cc2)cc1. The third kappa shape index (κ3) is 5.52. The van der Waals surface area contributed by atoms with E-state index < -0.39 is 0 Å². The van der Waals surface area contributed by atoms with Gasteiger partial charge >= 0.3 is 0 Å². The Bertz CT molecular complexity index is 1130. The zero-order chi connectivity index (χ0) is 20.8. The lowest BCUT2D eigenvalue weighted by Crippen LogP contribution is -1.96. The van der Waals surface area contributed by atoms with Gasteiger partial charge in [-0.1, -0.05) is 40.2 Å². The molecule has 0 fully saturated rings. The number of hydrogen-bond donors (Lipinski definition) is 1. The van der Waals surface area contributed by atoms with E-state index in [0.717, 1.165) is 37.7 Å². The quantitative estimate of drug-likeness (QED) is 0.235. The molecule has 0 saturated carbocycles. The van der Waals surface area contributed by atoms with E-state index in [1.165, 1.54) is 23.5 Å². The number of nitrogens with zero attached hydrogens (tertiary/aromatic N) is 2. The first-order valence-electron chi connectivity index (χ1n) is 9.13. The van der Waals surface area contributed by atoms with E-state index in [1.54, 1.807) is 18.3 Å². The molecule has 4 aromatic rings. The number of aromatic nitrogens is 1. The molecular formula is C23H17BrFN3OS. The molecule has 7 heteroatoms. The lowest BCUT2D eigenvalue weighted by atomic mass is 10.2. The first-order valence-corrected chi connectivity index (χ1v) is 10.8. The summed E-state index contributed by atoms with van der Waals surface area (Å²) in [5.41, 5.74) is 6.78. The third-order valence-corrected chi connectivity index (χ3v) is 5.49. The molecule has 0 saturated heterocycles. The largest absolute Gasteiger partial charge is 0.489 e. The van der Waals surface area contributed by atoms with Gasteiger partial charge in [-0.05, 0) is 59.7 Å². The first-order chi connectivity index (χ1) is 14.7. The van der Waals surface area contributed by atoms with Crippen LogP contribution in [0.2, 0.25) is 0 Å². The molecule has 4 nitrogen and oxygen atoms in total. The highest BCUT2D eigenvalue weighted by atomic mass is 79.9. The van der Waals surface area contributed by atoms with E-state index in [2.05, 4.69) is 31.4 Å². The molecule has 1 heterocycles. The van der Waals surface area contributed by atoms with E-state index in [0.29, 0.717) is 6.61 Å². The Morgan fingerprint density at radius 1 is 1.00 bits per heavy atom. The standard InChI is InChI=1S/C23H17BrFN3OS/c24-19-7-5-18(6-8-19)22-15-30-23(27-22)28-26-13-16-3-11-21(12-4-16)29-14-17-1-9-20(25)10-2-17/h1-13,15H,14H2,(H,27,28). The van der Waals surface area contributed by atoms with Crippen molar-refractivity contribution in [1.82, 2.24) is 4.98 Å². The highest BCUT2D eigenvalue weighted by Crippen LogP contribution is 2.26. The normalized spacial score (nSPS) is 11.0. The van der Waals surface area contributed by atoms with Crippen molar-refractivity contribution < 1.29 is 9.13 Å². The maximum absolute atomic E-state index is 12.9. The second-order valence-electron chi connectivity index (χ2n) is 6.40. The smallest absolute Gasteiger partial charge is 0.203 e. The summed E-state index contributed by atoms with van der Waals surface area (Å²) < 4.78 is 19.7. The molecule has 0 aliphatic carbocycles. The van der Waals surface area contributed by atoms with Crippen molar-refractivity contribution in [2.45, 2.75) is 6.61 Å². The lowest BCUT2D eigenvalue weighted by molar-refractivity contribution is 0.306. The molecule has 0 bridgehead atoms. The minimum absolute atomic E-state index is 0.252. The van der Waals surface area contributed by atoms with Crippen LogP contribution in [0.25, 0.3) is 11.3 Å². The van der Waals surface area contributed by atoms with Gasteiger partial charge in [-0.2, -0.15) is 5.10 Å². The Kier molecular flexibility index (Phi) is 6.51. The van der Waals surface area contributed by atoms with Crippen LogP contribution in [0.3, 0.4) is 0 Å². The summed E-state index contributed by atoms with van der Waals surface area (Å²) in [6.45, 7) is 0.389. The van der Waals surface area contributed by atoms with Gasteiger partial charge in [-0.15, -0.1) is 11.3 Å².